The molecule has 1 saturated heterocycles. The highest BCUT2D eigenvalue weighted by molar-refractivity contribution is 5.91. The van der Waals surface area contributed by atoms with Crippen LogP contribution in [-0.2, 0) is 0 Å². The van der Waals surface area contributed by atoms with Crippen molar-refractivity contribution in [3.05, 3.63) is 17.8 Å². The predicted octanol–water partition coefficient (Wildman–Crippen LogP) is -0.366. The van der Waals surface area contributed by atoms with E-state index in [9.17, 15) is 4.79 Å². The van der Waals surface area contributed by atoms with E-state index in [-0.39, 0.29) is 5.91 Å². The summed E-state index contributed by atoms with van der Waals surface area (Å²) in [5, 5.41) is 13.8. The minimum absolute atomic E-state index is 0.210. The van der Waals surface area contributed by atoms with Crippen molar-refractivity contribution in [2.45, 2.75) is 12.5 Å². The van der Waals surface area contributed by atoms with Gasteiger partial charge >= 0.3 is 0 Å². The minimum atomic E-state index is -0.210. The molecular weight excluding hydrogens is 218 g/mol. The topological polar surface area (TPSA) is 70.2 Å². The van der Waals surface area contributed by atoms with Gasteiger partial charge < -0.3 is 15.5 Å². The lowest BCUT2D eigenvalue weighted by Crippen LogP contribution is -2.30. The first-order valence-electron chi connectivity index (χ1n) is 5.72. The van der Waals surface area contributed by atoms with Gasteiger partial charge in [0.15, 0.2) is 11.5 Å². The van der Waals surface area contributed by atoms with Crippen LogP contribution in [0.3, 0.4) is 0 Å². The van der Waals surface area contributed by atoms with Gasteiger partial charge in [-0.05, 0) is 25.6 Å². The molecule has 1 unspecified atom stereocenters. The van der Waals surface area contributed by atoms with E-state index < -0.39 is 0 Å². The summed E-state index contributed by atoms with van der Waals surface area (Å²) < 4.78 is 0. The van der Waals surface area contributed by atoms with Crippen molar-refractivity contribution < 1.29 is 4.79 Å². The van der Waals surface area contributed by atoms with Crippen molar-refractivity contribution in [2.75, 3.05) is 32.1 Å². The molecular formula is C11H17N5O. The molecule has 1 atom stereocenters. The number of aromatic nitrogens is 2. The first-order chi connectivity index (χ1) is 8.24. The second-order valence-electron chi connectivity index (χ2n) is 4.08. The monoisotopic (exact) mass is 235 g/mol. The molecule has 1 aliphatic rings. The zero-order chi connectivity index (χ0) is 12.3. The fourth-order valence-electron chi connectivity index (χ4n) is 1.95. The number of likely N-dealkylation sites (N-methyl/N-ethyl adjacent to an activating group) is 1. The fraction of sp³-hybridized carbons (Fsp3) is 0.545. The molecule has 2 N–H and O–H groups in total. The van der Waals surface area contributed by atoms with Crippen LogP contribution >= 0.6 is 0 Å². The molecule has 2 heterocycles. The lowest BCUT2D eigenvalue weighted by Gasteiger charge is -2.16. The van der Waals surface area contributed by atoms with Gasteiger partial charge in [0, 0.05) is 26.2 Å². The van der Waals surface area contributed by atoms with Crippen LogP contribution in [0.4, 0.5) is 5.82 Å². The Labute approximate surface area is 100 Å². The average Bonchev–Trinajstić information content (AvgIpc) is 2.87. The van der Waals surface area contributed by atoms with Gasteiger partial charge in [-0.15, -0.1) is 10.2 Å². The number of rotatable bonds is 3. The third kappa shape index (κ3) is 2.52. The van der Waals surface area contributed by atoms with Gasteiger partial charge in [0.2, 0.25) is 0 Å². The van der Waals surface area contributed by atoms with Gasteiger partial charge in [-0.1, -0.05) is 0 Å². The van der Waals surface area contributed by atoms with Gasteiger partial charge in [-0.2, -0.15) is 0 Å². The van der Waals surface area contributed by atoms with Crippen LogP contribution in [-0.4, -0.2) is 49.3 Å². The van der Waals surface area contributed by atoms with E-state index in [2.05, 4.69) is 25.7 Å². The van der Waals surface area contributed by atoms with Gasteiger partial charge in [-0.25, -0.2) is 0 Å². The van der Waals surface area contributed by atoms with Crippen molar-refractivity contribution in [2.24, 2.45) is 0 Å². The molecule has 6 nitrogen and oxygen atoms in total. The van der Waals surface area contributed by atoms with Gasteiger partial charge in [0.05, 0.1) is 0 Å². The summed E-state index contributed by atoms with van der Waals surface area (Å²) in [7, 11) is 3.55. The molecule has 0 radical (unpaired) electrons. The number of hydrogen-bond acceptors (Lipinski definition) is 5. The minimum Gasteiger partial charge on any atom is -0.354 e. The summed E-state index contributed by atoms with van der Waals surface area (Å²) in [6, 6.07) is 4.05. The molecule has 6 heteroatoms. The lowest BCUT2D eigenvalue weighted by atomic mass is 10.3. The maximum Gasteiger partial charge on any atom is 0.271 e. The standard InChI is InChI=1S/C11H17N5O/c1-12-8-5-6-16(7-8)10-4-3-9(14-15-10)11(17)13-2/h3-4,8,12H,5-7H2,1-2H3,(H,13,17). The number of amides is 1. The van der Waals surface area contributed by atoms with E-state index in [1.165, 1.54) is 0 Å². The van der Waals surface area contributed by atoms with E-state index in [4.69, 9.17) is 0 Å². The third-order valence-electron chi connectivity index (χ3n) is 3.03. The zero-order valence-corrected chi connectivity index (χ0v) is 10.1. The molecule has 1 fully saturated rings. The summed E-state index contributed by atoms with van der Waals surface area (Å²) >= 11 is 0. The Morgan fingerprint density at radius 3 is 2.76 bits per heavy atom. The molecule has 0 spiro atoms. The first-order valence-corrected chi connectivity index (χ1v) is 5.72. The predicted molar refractivity (Wildman–Crippen MR) is 65.1 cm³/mol. The lowest BCUT2D eigenvalue weighted by molar-refractivity contribution is 0.0957. The number of carbonyl (C=O) groups is 1. The molecule has 17 heavy (non-hydrogen) atoms. The van der Waals surface area contributed by atoms with E-state index in [1.54, 1.807) is 13.1 Å². The Hall–Kier alpha value is -1.69. The Morgan fingerprint density at radius 2 is 2.24 bits per heavy atom. The van der Waals surface area contributed by atoms with Crippen LogP contribution in [0.25, 0.3) is 0 Å². The van der Waals surface area contributed by atoms with Crippen molar-refractivity contribution >= 4 is 11.7 Å². The molecule has 1 aromatic rings. The summed E-state index contributed by atoms with van der Waals surface area (Å²) in [5.74, 6) is 0.619. The van der Waals surface area contributed by atoms with Crippen molar-refractivity contribution in [3.63, 3.8) is 0 Å². The Kier molecular flexibility index (Phi) is 3.53. The molecule has 1 aliphatic heterocycles. The highest BCUT2D eigenvalue weighted by Gasteiger charge is 2.22. The van der Waals surface area contributed by atoms with Crippen LogP contribution < -0.4 is 15.5 Å². The molecule has 0 bridgehead atoms. The second-order valence-corrected chi connectivity index (χ2v) is 4.08. The highest BCUT2D eigenvalue weighted by Crippen LogP contribution is 2.16. The van der Waals surface area contributed by atoms with Gasteiger partial charge in [0.25, 0.3) is 5.91 Å². The van der Waals surface area contributed by atoms with Crippen molar-refractivity contribution in [3.8, 4) is 0 Å². The average molecular weight is 235 g/mol. The number of hydrogen-bond donors (Lipinski definition) is 2. The maximum absolute atomic E-state index is 11.3. The quantitative estimate of drug-likeness (QED) is 0.748. The molecule has 2 rings (SSSR count). The summed E-state index contributed by atoms with van der Waals surface area (Å²) in [4.78, 5) is 13.5. The molecule has 0 aromatic carbocycles. The van der Waals surface area contributed by atoms with Crippen LogP contribution in [0, 0.1) is 0 Å². The summed E-state index contributed by atoms with van der Waals surface area (Å²) in [6.07, 6.45) is 1.11. The van der Waals surface area contributed by atoms with Crippen molar-refractivity contribution in [1.82, 2.24) is 20.8 Å². The van der Waals surface area contributed by atoms with Gasteiger partial charge in [0.1, 0.15) is 0 Å². The van der Waals surface area contributed by atoms with Crippen LogP contribution in [0.5, 0.6) is 0 Å². The fourth-order valence-corrected chi connectivity index (χ4v) is 1.95. The van der Waals surface area contributed by atoms with E-state index >= 15 is 0 Å². The number of carbonyl (C=O) groups excluding carboxylic acids is 1. The normalized spacial score (nSPS) is 19.4. The zero-order valence-electron chi connectivity index (χ0n) is 10.1. The summed E-state index contributed by atoms with van der Waals surface area (Å²) in [5.41, 5.74) is 0.348. The molecule has 0 saturated carbocycles. The van der Waals surface area contributed by atoms with Gasteiger partial charge in [-0.3, -0.25) is 4.79 Å². The number of nitrogens with one attached hydrogen (secondary N) is 2. The number of nitrogens with zero attached hydrogens (tertiary/aromatic N) is 3. The first kappa shape index (κ1) is 11.8. The van der Waals surface area contributed by atoms with Crippen LogP contribution in [0.2, 0.25) is 0 Å². The molecule has 92 valence electrons. The molecule has 1 amide bonds. The molecule has 0 aliphatic carbocycles. The van der Waals surface area contributed by atoms with Crippen LogP contribution in [0.15, 0.2) is 12.1 Å². The maximum atomic E-state index is 11.3. The second kappa shape index (κ2) is 5.09. The Morgan fingerprint density at radius 1 is 1.41 bits per heavy atom. The van der Waals surface area contributed by atoms with Crippen LogP contribution in [0.1, 0.15) is 16.9 Å². The number of anilines is 1. The Balaban J connectivity index is 2.06. The smallest absolute Gasteiger partial charge is 0.271 e. The summed E-state index contributed by atoms with van der Waals surface area (Å²) in [6.45, 7) is 1.91. The van der Waals surface area contributed by atoms with Crippen molar-refractivity contribution in [1.29, 1.82) is 0 Å². The molecule has 1 aromatic heterocycles. The van der Waals surface area contributed by atoms with E-state index in [0.717, 1.165) is 25.3 Å². The third-order valence-corrected chi connectivity index (χ3v) is 3.03. The highest BCUT2D eigenvalue weighted by atomic mass is 16.1. The van der Waals surface area contributed by atoms with E-state index in [1.807, 2.05) is 13.1 Å². The Bertz CT molecular complexity index is 391. The SMILES string of the molecule is CNC(=O)c1ccc(N2CCC(NC)C2)nn1. The largest absolute Gasteiger partial charge is 0.354 e. The van der Waals surface area contributed by atoms with E-state index in [0.29, 0.717) is 11.7 Å².